The average Bonchev–Trinajstić information content (AvgIpc) is 3.40. The van der Waals surface area contributed by atoms with Gasteiger partial charge in [-0.1, -0.05) is 30.3 Å². The number of Topliss-reactive ketones (excluding diaryl/α,β-unsaturated/α-hetero) is 1. The van der Waals surface area contributed by atoms with Gasteiger partial charge in [-0.25, -0.2) is 13.4 Å². The predicted molar refractivity (Wildman–Crippen MR) is 153 cm³/mol. The summed E-state index contributed by atoms with van der Waals surface area (Å²) in [6.45, 7) is 3.58. The molecule has 0 aliphatic heterocycles. The van der Waals surface area contributed by atoms with E-state index in [1.54, 1.807) is 17.0 Å². The summed E-state index contributed by atoms with van der Waals surface area (Å²) in [6, 6.07) is 13.3. The number of benzene rings is 2. The number of amides is 2. The van der Waals surface area contributed by atoms with E-state index in [-0.39, 0.29) is 18.1 Å². The SMILES string of the molecule is COc1cc(C(=O)N(CCCc2ccccc2)Cc2nc(C(=O)CS(=O)(=O)CNC(C)=O)cs2)cc(OC)c1C. The molecule has 2 amide bonds. The molecule has 0 atom stereocenters. The minimum atomic E-state index is -3.85. The molecule has 2 aromatic carbocycles. The van der Waals surface area contributed by atoms with Gasteiger partial charge >= 0.3 is 0 Å². The zero-order valence-corrected chi connectivity index (χ0v) is 24.6. The Balaban J connectivity index is 1.80. The Kier molecular flexibility index (Phi) is 10.8. The molecule has 3 rings (SSSR count). The van der Waals surface area contributed by atoms with Gasteiger partial charge in [0.15, 0.2) is 15.6 Å². The number of carbonyl (C=O) groups excluding carboxylic acids is 3. The van der Waals surface area contributed by atoms with Crippen LogP contribution in [0.3, 0.4) is 0 Å². The molecule has 12 heteroatoms. The summed E-state index contributed by atoms with van der Waals surface area (Å²) in [7, 11) is -0.796. The number of thiazole rings is 1. The Hall–Kier alpha value is -3.77. The number of aryl methyl sites for hydroxylation is 1. The van der Waals surface area contributed by atoms with Crippen LogP contribution in [0.15, 0.2) is 47.8 Å². The van der Waals surface area contributed by atoms with Crippen molar-refractivity contribution >= 4 is 38.8 Å². The van der Waals surface area contributed by atoms with Gasteiger partial charge in [0, 0.05) is 30.0 Å². The maximum Gasteiger partial charge on any atom is 0.254 e. The van der Waals surface area contributed by atoms with Gasteiger partial charge in [-0.05, 0) is 37.5 Å². The van der Waals surface area contributed by atoms with Crippen molar-refractivity contribution in [2.75, 3.05) is 32.4 Å². The van der Waals surface area contributed by atoms with E-state index in [1.807, 2.05) is 37.3 Å². The average molecular weight is 588 g/mol. The number of sulfone groups is 1. The van der Waals surface area contributed by atoms with Crippen LogP contribution in [0.1, 0.15) is 50.3 Å². The lowest BCUT2D eigenvalue weighted by Crippen LogP contribution is -2.32. The van der Waals surface area contributed by atoms with E-state index in [0.29, 0.717) is 35.0 Å². The molecule has 0 radical (unpaired) electrons. The van der Waals surface area contributed by atoms with Gasteiger partial charge in [0.2, 0.25) is 5.91 Å². The largest absolute Gasteiger partial charge is 0.496 e. The molecule has 1 N–H and O–H groups in total. The molecule has 0 aliphatic rings. The van der Waals surface area contributed by atoms with Crippen LogP contribution in [0.25, 0.3) is 0 Å². The number of carbonyl (C=O) groups is 3. The normalized spacial score (nSPS) is 11.1. The Morgan fingerprint density at radius 2 is 1.70 bits per heavy atom. The fourth-order valence-electron chi connectivity index (χ4n) is 3.97. The van der Waals surface area contributed by atoms with Gasteiger partial charge in [0.1, 0.15) is 33.8 Å². The predicted octanol–water partition coefficient (Wildman–Crippen LogP) is 3.44. The summed E-state index contributed by atoms with van der Waals surface area (Å²) in [5.41, 5.74) is 2.31. The lowest BCUT2D eigenvalue weighted by molar-refractivity contribution is -0.118. The highest BCUT2D eigenvalue weighted by Crippen LogP contribution is 2.30. The molecule has 0 saturated heterocycles. The van der Waals surface area contributed by atoms with E-state index in [4.69, 9.17) is 9.47 Å². The van der Waals surface area contributed by atoms with E-state index in [9.17, 15) is 22.8 Å². The summed E-state index contributed by atoms with van der Waals surface area (Å²) >= 11 is 1.17. The van der Waals surface area contributed by atoms with Gasteiger partial charge in [-0.15, -0.1) is 11.3 Å². The number of hydrogen-bond donors (Lipinski definition) is 1. The minimum absolute atomic E-state index is 0.00163. The quantitative estimate of drug-likeness (QED) is 0.284. The zero-order chi connectivity index (χ0) is 29.3. The van der Waals surface area contributed by atoms with Gasteiger partial charge in [0.25, 0.3) is 5.91 Å². The van der Waals surface area contributed by atoms with Crippen molar-refractivity contribution in [3.05, 3.63) is 75.2 Å². The molecular formula is C28H33N3O7S2. The van der Waals surface area contributed by atoms with Crippen molar-refractivity contribution in [1.29, 1.82) is 0 Å². The first-order valence-corrected chi connectivity index (χ1v) is 15.2. The number of ether oxygens (including phenoxy) is 2. The Bertz CT molecular complexity index is 1430. The highest BCUT2D eigenvalue weighted by molar-refractivity contribution is 7.92. The van der Waals surface area contributed by atoms with Gasteiger partial charge in [-0.3, -0.25) is 14.4 Å². The van der Waals surface area contributed by atoms with Crippen LogP contribution in [0.5, 0.6) is 11.5 Å². The number of ketones is 1. The maximum atomic E-state index is 13.7. The Morgan fingerprint density at radius 1 is 1.05 bits per heavy atom. The van der Waals surface area contributed by atoms with Crippen LogP contribution >= 0.6 is 11.3 Å². The third-order valence-electron chi connectivity index (χ3n) is 6.08. The summed E-state index contributed by atoms with van der Waals surface area (Å²) in [5, 5.41) is 4.16. The molecule has 0 aliphatic carbocycles. The molecule has 214 valence electrons. The lowest BCUT2D eigenvalue weighted by atomic mass is 10.1. The lowest BCUT2D eigenvalue weighted by Gasteiger charge is -2.23. The van der Waals surface area contributed by atoms with E-state index in [1.165, 1.54) is 37.9 Å². The van der Waals surface area contributed by atoms with Crippen LogP contribution in [-0.4, -0.2) is 68.3 Å². The second kappa shape index (κ2) is 14.0. The van der Waals surface area contributed by atoms with Crippen LogP contribution in [0.4, 0.5) is 0 Å². The Morgan fingerprint density at radius 3 is 2.30 bits per heavy atom. The topological polar surface area (TPSA) is 132 Å². The van der Waals surface area contributed by atoms with Crippen LogP contribution in [0.2, 0.25) is 0 Å². The molecule has 0 unspecified atom stereocenters. The van der Waals surface area contributed by atoms with Crippen LogP contribution < -0.4 is 14.8 Å². The van der Waals surface area contributed by atoms with Gasteiger partial charge in [-0.2, -0.15) is 0 Å². The summed E-state index contributed by atoms with van der Waals surface area (Å²) in [5.74, 6) is -1.80. The van der Waals surface area contributed by atoms with Gasteiger partial charge < -0.3 is 19.7 Å². The zero-order valence-electron chi connectivity index (χ0n) is 22.9. The van der Waals surface area contributed by atoms with Gasteiger partial charge in [0.05, 0.1) is 20.8 Å². The molecule has 3 aromatic rings. The van der Waals surface area contributed by atoms with E-state index >= 15 is 0 Å². The fourth-order valence-corrected chi connectivity index (χ4v) is 5.86. The third kappa shape index (κ3) is 8.62. The first-order valence-electron chi connectivity index (χ1n) is 12.5. The third-order valence-corrected chi connectivity index (χ3v) is 8.20. The highest BCUT2D eigenvalue weighted by Gasteiger charge is 2.23. The molecule has 0 bridgehead atoms. The highest BCUT2D eigenvalue weighted by atomic mass is 32.2. The minimum Gasteiger partial charge on any atom is -0.496 e. The molecule has 1 heterocycles. The molecule has 1 aromatic heterocycles. The van der Waals surface area contributed by atoms with E-state index in [2.05, 4.69) is 10.3 Å². The van der Waals surface area contributed by atoms with Crippen LogP contribution in [-0.2, 0) is 27.6 Å². The van der Waals surface area contributed by atoms with Crippen molar-refractivity contribution in [3.8, 4) is 11.5 Å². The summed E-state index contributed by atoms with van der Waals surface area (Å²) < 4.78 is 35.2. The van der Waals surface area contributed by atoms with Crippen molar-refractivity contribution in [3.63, 3.8) is 0 Å². The number of aromatic nitrogens is 1. The standard InChI is InChI=1S/C28H33N3O7S2/c1-19-25(37-3)13-22(14-26(19)38-4)28(34)31(12-8-11-21-9-6-5-7-10-21)15-27-30-23(16-39-27)24(33)17-40(35,36)18-29-20(2)32/h5-7,9-10,13-14,16H,8,11-12,15,17-18H2,1-4H3,(H,29,32). The van der Waals surface area contributed by atoms with Crippen molar-refractivity contribution in [1.82, 2.24) is 15.2 Å². The fraction of sp³-hybridized carbons (Fsp3) is 0.357. The molecule has 0 spiro atoms. The number of nitrogens with one attached hydrogen (secondary N) is 1. The van der Waals surface area contributed by atoms with Crippen molar-refractivity contribution in [2.24, 2.45) is 0 Å². The van der Waals surface area contributed by atoms with E-state index < -0.39 is 33.2 Å². The second-order valence-corrected chi connectivity index (χ2v) is 12.1. The Labute approximate surface area is 238 Å². The number of nitrogens with zero attached hydrogens (tertiary/aromatic N) is 2. The second-order valence-electron chi connectivity index (χ2n) is 9.14. The molecular weight excluding hydrogens is 554 g/mol. The first kappa shape index (κ1) is 30.8. The summed E-state index contributed by atoms with van der Waals surface area (Å²) in [6.07, 6.45) is 1.45. The number of hydrogen-bond acceptors (Lipinski definition) is 9. The number of methoxy groups -OCH3 is 2. The maximum absolute atomic E-state index is 13.7. The molecule has 0 fully saturated rings. The van der Waals surface area contributed by atoms with E-state index in [0.717, 1.165) is 17.5 Å². The van der Waals surface area contributed by atoms with Crippen LogP contribution in [0, 0.1) is 6.92 Å². The molecule has 10 nitrogen and oxygen atoms in total. The molecule has 0 saturated carbocycles. The molecule has 40 heavy (non-hydrogen) atoms. The number of rotatable bonds is 14. The monoisotopic (exact) mass is 587 g/mol. The van der Waals surface area contributed by atoms with Crippen molar-refractivity contribution in [2.45, 2.75) is 33.2 Å². The smallest absolute Gasteiger partial charge is 0.254 e. The first-order chi connectivity index (χ1) is 19.0. The summed E-state index contributed by atoms with van der Waals surface area (Å²) in [4.78, 5) is 43.3. The van der Waals surface area contributed by atoms with Crippen molar-refractivity contribution < 1.29 is 32.3 Å².